The average Bonchev–Trinajstić information content (AvgIpc) is 3.29. The van der Waals surface area contributed by atoms with Crippen LogP contribution in [0.15, 0.2) is 36.8 Å². The van der Waals surface area contributed by atoms with Gasteiger partial charge in [-0.3, -0.25) is 4.52 Å². The standard InChI is InChI=1S/C17H20FN4O13P3/c18-9-3-1-8(2-4-9)10-5-22(16-12(10)15(19)20-7-21-16)17-14(24)13(23)11(33-17)6-32-37(28,29)35-38(30,31)34-36(25,26)27/h1-5,7,11,13-14,17,23-24H,6H2,(H,28,29)(H,30,31)(H2,19,20,21)(H2,25,26,27)/t11-,13?,14+,17-/m1/s1. The predicted molar refractivity (Wildman–Crippen MR) is 123 cm³/mol. The Morgan fingerprint density at radius 1 is 1.00 bits per heavy atom. The molecule has 3 unspecified atom stereocenters. The summed E-state index contributed by atoms with van der Waals surface area (Å²) < 4.78 is 66.3. The van der Waals surface area contributed by atoms with Crippen LogP contribution in [0.5, 0.6) is 0 Å². The molecule has 0 saturated carbocycles. The van der Waals surface area contributed by atoms with Crippen molar-refractivity contribution in [3.63, 3.8) is 0 Å². The molecule has 0 amide bonds. The molecule has 6 atom stereocenters. The largest absolute Gasteiger partial charge is 0.490 e. The number of ether oxygens (including phenoxy) is 1. The normalized spacial score (nSPS) is 25.3. The van der Waals surface area contributed by atoms with Gasteiger partial charge in [-0.15, -0.1) is 0 Å². The van der Waals surface area contributed by atoms with Crippen LogP contribution in [0, 0.1) is 5.82 Å². The number of benzene rings is 1. The quantitative estimate of drug-likeness (QED) is 0.167. The molecule has 0 radical (unpaired) electrons. The van der Waals surface area contributed by atoms with Gasteiger partial charge in [0.05, 0.1) is 12.0 Å². The van der Waals surface area contributed by atoms with Crippen LogP contribution in [0.1, 0.15) is 6.23 Å². The van der Waals surface area contributed by atoms with Crippen molar-refractivity contribution in [1.29, 1.82) is 0 Å². The van der Waals surface area contributed by atoms with Crippen LogP contribution in [-0.4, -0.2) is 69.2 Å². The number of phosphoric ester groups is 1. The topological polar surface area (TPSA) is 266 Å². The van der Waals surface area contributed by atoms with E-state index >= 15 is 0 Å². The fourth-order valence-electron chi connectivity index (χ4n) is 3.72. The zero-order valence-electron chi connectivity index (χ0n) is 18.7. The molecule has 1 aromatic carbocycles. The Hall–Kier alpha value is -2.14. The number of aliphatic hydroxyl groups excluding tert-OH is 2. The molecule has 1 fully saturated rings. The van der Waals surface area contributed by atoms with E-state index in [-0.39, 0.29) is 11.5 Å². The summed E-state index contributed by atoms with van der Waals surface area (Å²) in [6.45, 7) is -1.00. The number of nitrogens with two attached hydrogens (primary N) is 1. The van der Waals surface area contributed by atoms with Gasteiger partial charge in [-0.2, -0.15) is 8.62 Å². The molecule has 38 heavy (non-hydrogen) atoms. The van der Waals surface area contributed by atoms with Crippen LogP contribution >= 0.6 is 23.5 Å². The van der Waals surface area contributed by atoms with E-state index in [4.69, 9.17) is 20.3 Å². The van der Waals surface area contributed by atoms with Crippen LogP contribution in [0.2, 0.25) is 0 Å². The van der Waals surface area contributed by atoms with Crippen LogP contribution in [0.4, 0.5) is 10.2 Å². The molecule has 3 aromatic rings. The highest BCUT2D eigenvalue weighted by atomic mass is 31.3. The summed E-state index contributed by atoms with van der Waals surface area (Å²) in [5.41, 5.74) is 7.12. The number of hydrogen-bond donors (Lipinski definition) is 7. The van der Waals surface area contributed by atoms with Crippen molar-refractivity contribution in [3.8, 4) is 11.1 Å². The van der Waals surface area contributed by atoms with Gasteiger partial charge in [0, 0.05) is 11.8 Å². The smallest absolute Gasteiger partial charge is 0.387 e. The van der Waals surface area contributed by atoms with Crippen molar-refractivity contribution in [3.05, 3.63) is 42.6 Å². The lowest BCUT2D eigenvalue weighted by Gasteiger charge is -2.19. The van der Waals surface area contributed by atoms with Crippen molar-refractivity contribution in [2.24, 2.45) is 0 Å². The maximum Gasteiger partial charge on any atom is 0.490 e. The van der Waals surface area contributed by atoms with Crippen molar-refractivity contribution in [2.75, 3.05) is 12.3 Å². The van der Waals surface area contributed by atoms with Gasteiger partial charge in [-0.05, 0) is 17.7 Å². The molecule has 21 heteroatoms. The SMILES string of the molecule is Nc1ncnc2c1c(-c1ccc(F)cc1)cn2[C@@H]1O[C@H](COP(=O)(O)OP(=O)(O)OP(=O)(O)O)C(O)[C@@H]1O. The molecule has 2 aromatic heterocycles. The van der Waals surface area contributed by atoms with E-state index in [1.165, 1.54) is 35.0 Å². The van der Waals surface area contributed by atoms with E-state index < -0.39 is 60.4 Å². The van der Waals surface area contributed by atoms with Gasteiger partial charge in [0.15, 0.2) is 6.23 Å². The second-order valence-corrected chi connectivity index (χ2v) is 12.3. The summed E-state index contributed by atoms with van der Waals surface area (Å²) in [5, 5.41) is 21.4. The van der Waals surface area contributed by atoms with Gasteiger partial charge in [-0.1, -0.05) is 12.1 Å². The summed E-state index contributed by atoms with van der Waals surface area (Å²) in [5.74, 6) is -0.441. The zero-order valence-corrected chi connectivity index (χ0v) is 21.3. The van der Waals surface area contributed by atoms with E-state index in [0.717, 1.165) is 6.33 Å². The fourth-order valence-corrected chi connectivity index (χ4v) is 6.75. The van der Waals surface area contributed by atoms with Crippen LogP contribution in [-0.2, 0) is 31.6 Å². The zero-order chi connectivity index (χ0) is 28.0. The van der Waals surface area contributed by atoms with E-state index in [2.05, 4.69) is 23.1 Å². The first-order valence-corrected chi connectivity index (χ1v) is 14.8. The van der Waals surface area contributed by atoms with E-state index in [9.17, 15) is 38.1 Å². The lowest BCUT2D eigenvalue weighted by molar-refractivity contribution is -0.0500. The number of halogens is 1. The highest BCUT2D eigenvalue weighted by Gasteiger charge is 2.47. The molecule has 0 aliphatic carbocycles. The van der Waals surface area contributed by atoms with Crippen molar-refractivity contribution in [1.82, 2.24) is 14.5 Å². The molecule has 17 nitrogen and oxygen atoms in total. The number of anilines is 1. The Morgan fingerprint density at radius 2 is 1.66 bits per heavy atom. The first-order valence-electron chi connectivity index (χ1n) is 10.2. The number of hydrogen-bond acceptors (Lipinski definition) is 12. The molecule has 4 rings (SSSR count). The molecule has 0 spiro atoms. The minimum atomic E-state index is -5.75. The second kappa shape index (κ2) is 10.4. The Kier molecular flexibility index (Phi) is 7.93. The van der Waals surface area contributed by atoms with Crippen molar-refractivity contribution >= 4 is 40.3 Å². The summed E-state index contributed by atoms with van der Waals surface area (Å²) in [4.78, 5) is 44.1. The summed E-state index contributed by atoms with van der Waals surface area (Å²) in [7, 11) is -16.8. The molecule has 3 heterocycles. The Labute approximate surface area is 211 Å². The number of nitrogen functional groups attached to an aromatic ring is 1. The fraction of sp³-hybridized carbons (Fsp3) is 0.294. The third kappa shape index (κ3) is 6.35. The molecule has 1 aliphatic heterocycles. The van der Waals surface area contributed by atoms with Crippen molar-refractivity contribution < 1.29 is 65.8 Å². The van der Waals surface area contributed by atoms with Gasteiger partial charge < -0.3 is 44.8 Å². The monoisotopic (exact) mass is 600 g/mol. The third-order valence-electron chi connectivity index (χ3n) is 5.22. The number of rotatable bonds is 9. The van der Waals surface area contributed by atoms with Gasteiger partial charge in [0.1, 0.15) is 41.9 Å². The molecular weight excluding hydrogens is 580 g/mol. The first-order chi connectivity index (χ1) is 17.6. The van der Waals surface area contributed by atoms with E-state index in [1.807, 2.05) is 0 Å². The Balaban J connectivity index is 1.57. The number of phosphoric acid groups is 3. The van der Waals surface area contributed by atoms with Gasteiger partial charge >= 0.3 is 23.5 Å². The number of aromatic nitrogens is 3. The highest BCUT2D eigenvalue weighted by Crippen LogP contribution is 2.66. The molecule has 0 bridgehead atoms. The van der Waals surface area contributed by atoms with Gasteiger partial charge in [0.2, 0.25) is 0 Å². The van der Waals surface area contributed by atoms with E-state index in [1.54, 1.807) is 0 Å². The summed E-state index contributed by atoms with van der Waals surface area (Å²) >= 11 is 0. The minimum Gasteiger partial charge on any atom is -0.387 e. The average molecular weight is 600 g/mol. The summed E-state index contributed by atoms with van der Waals surface area (Å²) in [6.07, 6.45) is -3.71. The maximum atomic E-state index is 13.4. The summed E-state index contributed by atoms with van der Waals surface area (Å²) in [6, 6.07) is 5.35. The molecule has 1 saturated heterocycles. The van der Waals surface area contributed by atoms with Gasteiger partial charge in [0.25, 0.3) is 0 Å². The Bertz CT molecular complexity index is 1480. The van der Waals surface area contributed by atoms with Gasteiger partial charge in [-0.25, -0.2) is 28.1 Å². The van der Waals surface area contributed by atoms with Crippen LogP contribution in [0.25, 0.3) is 22.2 Å². The lowest BCUT2D eigenvalue weighted by Crippen LogP contribution is -2.33. The van der Waals surface area contributed by atoms with Crippen LogP contribution < -0.4 is 5.73 Å². The number of fused-ring (bicyclic) bond motifs is 1. The van der Waals surface area contributed by atoms with Crippen molar-refractivity contribution in [2.45, 2.75) is 24.5 Å². The predicted octanol–water partition coefficient (Wildman–Crippen LogP) is 0.782. The minimum absolute atomic E-state index is 0.0466. The number of nitrogens with zero attached hydrogens (tertiary/aromatic N) is 3. The Morgan fingerprint density at radius 3 is 2.29 bits per heavy atom. The molecule has 8 N–H and O–H groups in total. The molecule has 208 valence electrons. The van der Waals surface area contributed by atoms with E-state index in [0.29, 0.717) is 16.5 Å². The first kappa shape index (κ1) is 28.9. The highest BCUT2D eigenvalue weighted by molar-refractivity contribution is 7.66. The molecular formula is C17H20FN4O13P3. The third-order valence-corrected chi connectivity index (χ3v) is 9.03. The second-order valence-electron chi connectivity index (χ2n) is 7.85. The van der Waals surface area contributed by atoms with Crippen LogP contribution in [0.3, 0.4) is 0 Å². The lowest BCUT2D eigenvalue weighted by atomic mass is 10.1. The maximum absolute atomic E-state index is 13.4. The number of aliphatic hydroxyl groups is 2. The molecule has 1 aliphatic rings.